The number of sulfonamides is 1. The predicted molar refractivity (Wildman–Crippen MR) is 87.1 cm³/mol. The van der Waals surface area contributed by atoms with Crippen LogP contribution in [0.15, 0.2) is 16.3 Å². The minimum atomic E-state index is -3.40. The number of hydrogen-bond donors (Lipinski definition) is 2. The Hall–Kier alpha value is -0.470. The molecule has 2 N–H and O–H groups in total. The van der Waals surface area contributed by atoms with Crippen molar-refractivity contribution < 1.29 is 8.42 Å². The van der Waals surface area contributed by atoms with Gasteiger partial charge in [-0.2, -0.15) is 0 Å². The van der Waals surface area contributed by atoms with E-state index in [4.69, 9.17) is 0 Å². The highest BCUT2D eigenvalue weighted by Crippen LogP contribution is 2.25. The Morgan fingerprint density at radius 2 is 2.14 bits per heavy atom. The standard InChI is InChI=1S/C14H25N3O2S2/c1-11(2)15-10-13-14(6-9-20-13)21(18,19)16-7-8-17(3)12-4-5-12/h6,9,11-12,15-16H,4-5,7-8,10H2,1-3H3. The van der Waals surface area contributed by atoms with E-state index in [9.17, 15) is 8.42 Å². The molecule has 0 radical (unpaired) electrons. The molecule has 1 saturated carbocycles. The smallest absolute Gasteiger partial charge is 0.241 e. The molecule has 5 nitrogen and oxygen atoms in total. The molecule has 0 aromatic carbocycles. The topological polar surface area (TPSA) is 61.4 Å². The Morgan fingerprint density at radius 3 is 2.76 bits per heavy atom. The second kappa shape index (κ2) is 7.19. The molecule has 120 valence electrons. The molecule has 1 aromatic rings. The normalized spacial score (nSPS) is 16.0. The van der Waals surface area contributed by atoms with Crippen LogP contribution in [0.5, 0.6) is 0 Å². The predicted octanol–water partition coefficient (Wildman–Crippen LogP) is 1.62. The van der Waals surface area contributed by atoms with Crippen LogP contribution >= 0.6 is 11.3 Å². The summed E-state index contributed by atoms with van der Waals surface area (Å²) >= 11 is 1.48. The van der Waals surface area contributed by atoms with E-state index in [-0.39, 0.29) is 0 Å². The zero-order valence-electron chi connectivity index (χ0n) is 12.9. The molecule has 0 saturated heterocycles. The van der Waals surface area contributed by atoms with Crippen LogP contribution in [0, 0.1) is 0 Å². The molecular formula is C14H25N3O2S2. The Balaban J connectivity index is 1.90. The number of nitrogens with one attached hydrogen (secondary N) is 2. The van der Waals surface area contributed by atoms with Crippen molar-refractivity contribution in [3.63, 3.8) is 0 Å². The van der Waals surface area contributed by atoms with Crippen molar-refractivity contribution in [3.05, 3.63) is 16.3 Å². The Kier molecular flexibility index (Phi) is 5.79. The zero-order chi connectivity index (χ0) is 15.5. The number of nitrogens with zero attached hydrogens (tertiary/aromatic N) is 1. The van der Waals surface area contributed by atoms with Crippen molar-refractivity contribution in [2.45, 2.75) is 50.2 Å². The van der Waals surface area contributed by atoms with Gasteiger partial charge in [0.25, 0.3) is 0 Å². The summed E-state index contributed by atoms with van der Waals surface area (Å²) in [4.78, 5) is 3.50. The van der Waals surface area contributed by atoms with Gasteiger partial charge in [-0.25, -0.2) is 13.1 Å². The fraction of sp³-hybridized carbons (Fsp3) is 0.714. The molecule has 7 heteroatoms. The lowest BCUT2D eigenvalue weighted by Crippen LogP contribution is -2.34. The van der Waals surface area contributed by atoms with Crippen molar-refractivity contribution in [1.82, 2.24) is 14.9 Å². The maximum absolute atomic E-state index is 12.4. The molecule has 0 bridgehead atoms. The molecule has 0 spiro atoms. The first-order valence-electron chi connectivity index (χ1n) is 7.40. The summed E-state index contributed by atoms with van der Waals surface area (Å²) in [5.74, 6) is 0. The highest BCUT2D eigenvalue weighted by Gasteiger charge is 2.26. The van der Waals surface area contributed by atoms with Crippen LogP contribution < -0.4 is 10.0 Å². The average molecular weight is 332 g/mol. The fourth-order valence-corrected chi connectivity index (χ4v) is 4.54. The summed E-state index contributed by atoms with van der Waals surface area (Å²) < 4.78 is 27.5. The van der Waals surface area contributed by atoms with Gasteiger partial charge in [-0.1, -0.05) is 13.8 Å². The van der Waals surface area contributed by atoms with Crippen LogP contribution in [0.4, 0.5) is 0 Å². The zero-order valence-corrected chi connectivity index (χ0v) is 14.6. The number of hydrogen-bond acceptors (Lipinski definition) is 5. The van der Waals surface area contributed by atoms with Crippen LogP contribution in [-0.4, -0.2) is 45.5 Å². The van der Waals surface area contributed by atoms with E-state index in [0.29, 0.717) is 30.1 Å². The Bertz CT molecular complexity index is 550. The van der Waals surface area contributed by atoms with Gasteiger partial charge in [0.2, 0.25) is 10.0 Å². The van der Waals surface area contributed by atoms with Crippen LogP contribution in [0.3, 0.4) is 0 Å². The third-order valence-electron chi connectivity index (χ3n) is 3.59. The fourth-order valence-electron chi connectivity index (χ4n) is 2.13. The first kappa shape index (κ1) is 16.9. The number of thiophene rings is 1. The van der Waals surface area contributed by atoms with Crippen LogP contribution in [0.1, 0.15) is 31.6 Å². The third-order valence-corrected chi connectivity index (χ3v) is 6.19. The Labute approximate surface area is 131 Å². The maximum atomic E-state index is 12.4. The molecule has 0 aliphatic heterocycles. The van der Waals surface area contributed by atoms with Crippen molar-refractivity contribution in [1.29, 1.82) is 0 Å². The van der Waals surface area contributed by atoms with Crippen LogP contribution in [-0.2, 0) is 16.6 Å². The van der Waals surface area contributed by atoms with E-state index in [0.717, 1.165) is 11.4 Å². The third kappa shape index (κ3) is 5.03. The molecule has 2 rings (SSSR count). The van der Waals surface area contributed by atoms with E-state index in [1.807, 2.05) is 19.2 Å². The SMILES string of the molecule is CC(C)NCc1sccc1S(=O)(=O)NCCN(C)C1CC1. The summed E-state index contributed by atoms with van der Waals surface area (Å²) in [6.07, 6.45) is 2.47. The largest absolute Gasteiger partial charge is 0.310 e. The summed E-state index contributed by atoms with van der Waals surface area (Å²) in [7, 11) is -1.35. The first-order chi connectivity index (χ1) is 9.90. The Morgan fingerprint density at radius 1 is 1.43 bits per heavy atom. The van der Waals surface area contributed by atoms with Crippen molar-refractivity contribution in [2.75, 3.05) is 20.1 Å². The second-order valence-electron chi connectivity index (χ2n) is 5.85. The quantitative estimate of drug-likeness (QED) is 0.722. The summed E-state index contributed by atoms with van der Waals surface area (Å²) in [6, 6.07) is 2.68. The number of rotatable bonds is 9. The van der Waals surface area contributed by atoms with Gasteiger partial charge in [-0.05, 0) is 31.3 Å². The summed E-state index contributed by atoms with van der Waals surface area (Å²) in [5, 5.41) is 5.10. The van der Waals surface area contributed by atoms with E-state index >= 15 is 0 Å². The molecule has 1 aliphatic rings. The average Bonchev–Trinajstić information content (AvgIpc) is 3.14. The highest BCUT2D eigenvalue weighted by molar-refractivity contribution is 7.89. The second-order valence-corrected chi connectivity index (χ2v) is 8.59. The van der Waals surface area contributed by atoms with Gasteiger partial charge in [0.15, 0.2) is 0 Å². The van der Waals surface area contributed by atoms with Gasteiger partial charge in [-0.15, -0.1) is 11.3 Å². The van der Waals surface area contributed by atoms with Crippen molar-refractivity contribution >= 4 is 21.4 Å². The maximum Gasteiger partial charge on any atom is 0.241 e. The van der Waals surface area contributed by atoms with E-state index in [1.165, 1.54) is 24.2 Å². The van der Waals surface area contributed by atoms with Gasteiger partial charge in [0, 0.05) is 36.6 Å². The van der Waals surface area contributed by atoms with Crippen LogP contribution in [0.25, 0.3) is 0 Å². The molecule has 1 heterocycles. The molecule has 0 unspecified atom stereocenters. The van der Waals surface area contributed by atoms with E-state index < -0.39 is 10.0 Å². The number of likely N-dealkylation sites (N-methyl/N-ethyl adjacent to an activating group) is 1. The molecule has 1 aliphatic carbocycles. The first-order valence-corrected chi connectivity index (χ1v) is 9.76. The van der Waals surface area contributed by atoms with Gasteiger partial charge in [0.05, 0.1) is 4.90 Å². The summed E-state index contributed by atoms with van der Waals surface area (Å²) in [5.41, 5.74) is 0. The van der Waals surface area contributed by atoms with E-state index in [2.05, 4.69) is 22.0 Å². The van der Waals surface area contributed by atoms with E-state index in [1.54, 1.807) is 6.07 Å². The monoisotopic (exact) mass is 331 g/mol. The van der Waals surface area contributed by atoms with Gasteiger partial charge in [0.1, 0.15) is 0 Å². The highest BCUT2D eigenvalue weighted by atomic mass is 32.2. The molecule has 21 heavy (non-hydrogen) atoms. The molecule has 0 amide bonds. The van der Waals surface area contributed by atoms with Crippen molar-refractivity contribution in [2.24, 2.45) is 0 Å². The van der Waals surface area contributed by atoms with Crippen molar-refractivity contribution in [3.8, 4) is 0 Å². The minimum Gasteiger partial charge on any atom is -0.310 e. The van der Waals surface area contributed by atoms with Gasteiger partial charge >= 0.3 is 0 Å². The molecule has 1 fully saturated rings. The molecule has 0 atom stereocenters. The lowest BCUT2D eigenvalue weighted by Gasteiger charge is -2.16. The lowest BCUT2D eigenvalue weighted by molar-refractivity contribution is 0.329. The van der Waals surface area contributed by atoms with Gasteiger partial charge < -0.3 is 10.2 Å². The minimum absolute atomic E-state index is 0.336. The summed E-state index contributed by atoms with van der Waals surface area (Å²) in [6.45, 7) is 5.91. The lowest BCUT2D eigenvalue weighted by atomic mass is 10.4. The molecule has 1 aromatic heterocycles. The van der Waals surface area contributed by atoms with Gasteiger partial charge in [-0.3, -0.25) is 0 Å². The molecular weight excluding hydrogens is 306 g/mol. The van der Waals surface area contributed by atoms with Crippen LogP contribution in [0.2, 0.25) is 0 Å².